The first kappa shape index (κ1) is 18.6. The SMILES string of the molecule is O=C(C=Cc1ccccc1OC(F)F)Nc1cccc(N2CCCC2=O)c1. The molecule has 2 aromatic rings. The van der Waals surface area contributed by atoms with Gasteiger partial charge in [0.25, 0.3) is 0 Å². The smallest absolute Gasteiger partial charge is 0.387 e. The maximum absolute atomic E-state index is 12.4. The number of carbonyl (C=O) groups is 2. The molecular weight excluding hydrogens is 354 g/mol. The van der Waals surface area contributed by atoms with Crippen LogP contribution in [0.5, 0.6) is 5.75 Å². The van der Waals surface area contributed by atoms with Crippen LogP contribution in [-0.4, -0.2) is 25.0 Å². The summed E-state index contributed by atoms with van der Waals surface area (Å²) in [5.41, 5.74) is 1.64. The predicted molar refractivity (Wildman–Crippen MR) is 98.8 cm³/mol. The molecule has 0 atom stereocenters. The maximum atomic E-state index is 12.4. The molecule has 1 saturated heterocycles. The molecule has 1 N–H and O–H groups in total. The number of carbonyl (C=O) groups excluding carboxylic acids is 2. The molecule has 5 nitrogen and oxygen atoms in total. The van der Waals surface area contributed by atoms with Crippen LogP contribution < -0.4 is 15.0 Å². The van der Waals surface area contributed by atoms with Gasteiger partial charge in [0.15, 0.2) is 0 Å². The second-order valence-corrected chi connectivity index (χ2v) is 5.94. The van der Waals surface area contributed by atoms with E-state index < -0.39 is 12.5 Å². The lowest BCUT2D eigenvalue weighted by molar-refractivity contribution is -0.117. The Kier molecular flexibility index (Phi) is 5.80. The van der Waals surface area contributed by atoms with Crippen molar-refractivity contribution in [3.8, 4) is 5.75 Å². The molecule has 2 amide bonds. The average molecular weight is 372 g/mol. The zero-order valence-electron chi connectivity index (χ0n) is 14.4. The molecule has 1 heterocycles. The quantitative estimate of drug-likeness (QED) is 0.778. The van der Waals surface area contributed by atoms with Gasteiger partial charge in [-0.25, -0.2) is 0 Å². The summed E-state index contributed by atoms with van der Waals surface area (Å²) in [7, 11) is 0. The van der Waals surface area contributed by atoms with E-state index in [9.17, 15) is 18.4 Å². The second-order valence-electron chi connectivity index (χ2n) is 5.94. The third-order valence-electron chi connectivity index (χ3n) is 4.05. The second kappa shape index (κ2) is 8.44. The number of para-hydroxylation sites is 1. The highest BCUT2D eigenvalue weighted by Crippen LogP contribution is 2.25. The van der Waals surface area contributed by atoms with Gasteiger partial charge in [0.2, 0.25) is 11.8 Å². The summed E-state index contributed by atoms with van der Waals surface area (Å²) in [6, 6.07) is 13.2. The van der Waals surface area contributed by atoms with Gasteiger partial charge < -0.3 is 15.0 Å². The van der Waals surface area contributed by atoms with Crippen LogP contribution >= 0.6 is 0 Å². The van der Waals surface area contributed by atoms with Crippen LogP contribution in [0.1, 0.15) is 18.4 Å². The topological polar surface area (TPSA) is 58.6 Å². The van der Waals surface area contributed by atoms with Gasteiger partial charge in [0.05, 0.1) is 0 Å². The third kappa shape index (κ3) is 4.91. The summed E-state index contributed by atoms with van der Waals surface area (Å²) in [6.45, 7) is -2.28. The molecule has 3 rings (SSSR count). The van der Waals surface area contributed by atoms with E-state index in [1.54, 1.807) is 41.3 Å². The lowest BCUT2D eigenvalue weighted by atomic mass is 10.2. The van der Waals surface area contributed by atoms with Crippen LogP contribution in [-0.2, 0) is 9.59 Å². The Labute approximate surface area is 155 Å². The van der Waals surface area contributed by atoms with Crippen molar-refractivity contribution in [2.75, 3.05) is 16.8 Å². The first-order valence-electron chi connectivity index (χ1n) is 8.46. The molecule has 2 aromatic carbocycles. The minimum Gasteiger partial charge on any atom is -0.434 e. The number of halogens is 2. The van der Waals surface area contributed by atoms with Gasteiger partial charge in [-0.2, -0.15) is 8.78 Å². The Bertz CT molecular complexity index is 868. The lowest BCUT2D eigenvalue weighted by Crippen LogP contribution is -2.23. The normalized spacial score (nSPS) is 14.2. The van der Waals surface area contributed by atoms with Gasteiger partial charge in [0.1, 0.15) is 5.75 Å². The fraction of sp³-hybridized carbons (Fsp3) is 0.200. The predicted octanol–water partition coefficient (Wildman–Crippen LogP) is 4.07. The average Bonchev–Trinajstić information content (AvgIpc) is 3.07. The van der Waals surface area contributed by atoms with Crippen molar-refractivity contribution >= 4 is 29.3 Å². The lowest BCUT2D eigenvalue weighted by Gasteiger charge is -2.16. The molecule has 1 fully saturated rings. The van der Waals surface area contributed by atoms with Crippen molar-refractivity contribution in [2.24, 2.45) is 0 Å². The Hall–Kier alpha value is -3.22. The minimum absolute atomic E-state index is 0.00825. The number of hydrogen-bond acceptors (Lipinski definition) is 3. The fourth-order valence-electron chi connectivity index (χ4n) is 2.84. The summed E-state index contributed by atoms with van der Waals surface area (Å²) >= 11 is 0. The molecule has 7 heteroatoms. The van der Waals surface area contributed by atoms with Gasteiger partial charge in [-0.05, 0) is 36.8 Å². The molecule has 0 spiro atoms. The van der Waals surface area contributed by atoms with Crippen molar-refractivity contribution in [3.63, 3.8) is 0 Å². The summed E-state index contributed by atoms with van der Waals surface area (Å²) in [4.78, 5) is 25.7. The molecule has 140 valence electrons. The van der Waals surface area contributed by atoms with E-state index in [-0.39, 0.29) is 11.7 Å². The standard InChI is InChI=1S/C20H18F2N2O3/c21-20(22)27-17-8-2-1-5-14(17)10-11-18(25)23-15-6-3-7-16(13-15)24-12-4-9-19(24)26/h1-3,5-8,10-11,13,20H,4,9,12H2,(H,23,25). The Morgan fingerprint density at radius 3 is 2.74 bits per heavy atom. The maximum Gasteiger partial charge on any atom is 0.387 e. The van der Waals surface area contributed by atoms with Gasteiger partial charge in [-0.15, -0.1) is 0 Å². The molecular formula is C20H18F2N2O3. The molecule has 0 aliphatic carbocycles. The van der Waals surface area contributed by atoms with Crippen molar-refractivity contribution < 1.29 is 23.1 Å². The van der Waals surface area contributed by atoms with Gasteiger partial charge in [-0.1, -0.05) is 24.3 Å². The van der Waals surface area contributed by atoms with Crippen LogP contribution in [0, 0.1) is 0 Å². The number of nitrogens with one attached hydrogen (secondary N) is 1. The van der Waals surface area contributed by atoms with E-state index in [4.69, 9.17) is 0 Å². The van der Waals surface area contributed by atoms with Crippen molar-refractivity contribution in [1.29, 1.82) is 0 Å². The number of anilines is 2. The first-order valence-corrected chi connectivity index (χ1v) is 8.46. The summed E-state index contributed by atoms with van der Waals surface area (Å²) in [5, 5.41) is 2.70. The van der Waals surface area contributed by atoms with Crippen molar-refractivity contribution in [3.05, 3.63) is 60.2 Å². The Morgan fingerprint density at radius 2 is 2.00 bits per heavy atom. The number of alkyl halides is 2. The van der Waals surface area contributed by atoms with E-state index in [2.05, 4.69) is 10.1 Å². The van der Waals surface area contributed by atoms with E-state index in [1.165, 1.54) is 18.2 Å². The monoisotopic (exact) mass is 372 g/mol. The van der Waals surface area contributed by atoms with Crippen molar-refractivity contribution in [2.45, 2.75) is 19.5 Å². The van der Waals surface area contributed by atoms with Crippen LogP contribution in [0.25, 0.3) is 6.08 Å². The highest BCUT2D eigenvalue weighted by molar-refractivity contribution is 6.03. The van der Waals surface area contributed by atoms with Crippen LogP contribution in [0.2, 0.25) is 0 Å². The highest BCUT2D eigenvalue weighted by atomic mass is 19.3. The first-order chi connectivity index (χ1) is 13.0. The van der Waals surface area contributed by atoms with Gasteiger partial charge in [0, 0.05) is 36.0 Å². The molecule has 1 aliphatic rings. The fourth-order valence-corrected chi connectivity index (χ4v) is 2.84. The van der Waals surface area contributed by atoms with Crippen LogP contribution in [0.4, 0.5) is 20.2 Å². The Morgan fingerprint density at radius 1 is 1.19 bits per heavy atom. The number of hydrogen-bond donors (Lipinski definition) is 1. The largest absolute Gasteiger partial charge is 0.434 e. The number of benzene rings is 2. The van der Waals surface area contributed by atoms with E-state index in [0.29, 0.717) is 24.2 Å². The Balaban J connectivity index is 1.68. The molecule has 0 radical (unpaired) electrons. The number of nitrogens with zero attached hydrogens (tertiary/aromatic N) is 1. The molecule has 0 bridgehead atoms. The number of amides is 2. The number of ether oxygens (including phenoxy) is 1. The van der Waals surface area contributed by atoms with E-state index in [1.807, 2.05) is 6.07 Å². The summed E-state index contributed by atoms with van der Waals surface area (Å²) < 4.78 is 29.3. The minimum atomic E-state index is -2.94. The molecule has 0 unspecified atom stereocenters. The van der Waals surface area contributed by atoms with Crippen LogP contribution in [0.3, 0.4) is 0 Å². The molecule has 0 aromatic heterocycles. The zero-order chi connectivity index (χ0) is 19.2. The van der Waals surface area contributed by atoms with E-state index >= 15 is 0 Å². The highest BCUT2D eigenvalue weighted by Gasteiger charge is 2.21. The van der Waals surface area contributed by atoms with E-state index in [0.717, 1.165) is 12.1 Å². The third-order valence-corrected chi connectivity index (χ3v) is 4.05. The summed E-state index contributed by atoms with van der Waals surface area (Å²) in [6.07, 6.45) is 3.99. The van der Waals surface area contributed by atoms with Crippen molar-refractivity contribution in [1.82, 2.24) is 0 Å². The number of rotatable bonds is 6. The molecule has 1 aliphatic heterocycles. The van der Waals surface area contributed by atoms with Crippen LogP contribution in [0.15, 0.2) is 54.6 Å². The zero-order valence-corrected chi connectivity index (χ0v) is 14.4. The summed E-state index contributed by atoms with van der Waals surface area (Å²) in [5.74, 6) is -0.369. The van der Waals surface area contributed by atoms with Gasteiger partial charge >= 0.3 is 6.61 Å². The molecule has 27 heavy (non-hydrogen) atoms. The van der Waals surface area contributed by atoms with Gasteiger partial charge in [-0.3, -0.25) is 9.59 Å². The molecule has 0 saturated carbocycles.